The number of nitrogens with one attached hydrogen (secondary N) is 1. The highest BCUT2D eigenvalue weighted by Crippen LogP contribution is 2.36. The quantitative estimate of drug-likeness (QED) is 0.551. The van der Waals surface area contributed by atoms with Crippen LogP contribution in [0.5, 0.6) is 0 Å². The van der Waals surface area contributed by atoms with Crippen molar-refractivity contribution in [2.24, 2.45) is 0 Å². The first kappa shape index (κ1) is 21.0. The van der Waals surface area contributed by atoms with Crippen molar-refractivity contribution in [3.05, 3.63) is 95.2 Å². The standard InChI is InChI=1S/C28H27N3O2/c1-19-9-8-12-24(20(19)2)31-27(32)25(21-10-4-3-5-11-21)26(28(31)33)29-22-13-15-23(16-14-22)30-17-6-7-18-30/h3-5,8-16,29H,6-7,17-18H2,1-2H3. The van der Waals surface area contributed by atoms with Gasteiger partial charge in [-0.15, -0.1) is 0 Å². The van der Waals surface area contributed by atoms with Crippen LogP contribution in [-0.4, -0.2) is 24.9 Å². The van der Waals surface area contributed by atoms with E-state index in [1.165, 1.54) is 23.4 Å². The fraction of sp³-hybridized carbons (Fsp3) is 0.214. The van der Waals surface area contributed by atoms with Gasteiger partial charge in [-0.1, -0.05) is 42.5 Å². The van der Waals surface area contributed by atoms with Crippen molar-refractivity contribution in [1.29, 1.82) is 0 Å². The number of amides is 2. The Balaban J connectivity index is 1.53. The molecule has 0 atom stereocenters. The first-order chi connectivity index (χ1) is 16.0. The van der Waals surface area contributed by atoms with Crippen LogP contribution in [0.1, 0.15) is 29.5 Å². The average Bonchev–Trinajstić information content (AvgIpc) is 3.45. The molecule has 2 aliphatic rings. The summed E-state index contributed by atoms with van der Waals surface area (Å²) in [4.78, 5) is 30.9. The first-order valence-corrected chi connectivity index (χ1v) is 11.4. The third-order valence-corrected chi connectivity index (χ3v) is 6.57. The second-order valence-corrected chi connectivity index (χ2v) is 8.65. The van der Waals surface area contributed by atoms with Gasteiger partial charge in [-0.25, -0.2) is 4.90 Å². The number of carbonyl (C=O) groups is 2. The summed E-state index contributed by atoms with van der Waals surface area (Å²) in [6.07, 6.45) is 2.44. The van der Waals surface area contributed by atoms with Crippen molar-refractivity contribution < 1.29 is 9.59 Å². The summed E-state index contributed by atoms with van der Waals surface area (Å²) in [6, 6.07) is 23.2. The number of carbonyl (C=O) groups excluding carboxylic acids is 2. The van der Waals surface area contributed by atoms with Gasteiger partial charge in [-0.3, -0.25) is 9.59 Å². The monoisotopic (exact) mass is 437 g/mol. The lowest BCUT2D eigenvalue weighted by molar-refractivity contribution is -0.120. The molecule has 0 aliphatic carbocycles. The highest BCUT2D eigenvalue weighted by Gasteiger charge is 2.40. The predicted molar refractivity (Wildman–Crippen MR) is 133 cm³/mol. The topological polar surface area (TPSA) is 52.7 Å². The molecule has 166 valence electrons. The maximum Gasteiger partial charge on any atom is 0.282 e. The van der Waals surface area contributed by atoms with Crippen molar-refractivity contribution in [3.8, 4) is 0 Å². The van der Waals surface area contributed by atoms with Gasteiger partial charge in [0.25, 0.3) is 11.8 Å². The number of nitrogens with zero attached hydrogens (tertiary/aromatic N) is 2. The molecule has 0 unspecified atom stereocenters. The van der Waals surface area contributed by atoms with Gasteiger partial charge in [0.15, 0.2) is 0 Å². The fourth-order valence-corrected chi connectivity index (χ4v) is 4.59. The number of hydrogen-bond acceptors (Lipinski definition) is 4. The van der Waals surface area contributed by atoms with E-state index in [0.29, 0.717) is 17.0 Å². The highest BCUT2D eigenvalue weighted by molar-refractivity contribution is 6.46. The zero-order valence-corrected chi connectivity index (χ0v) is 19.0. The van der Waals surface area contributed by atoms with Gasteiger partial charge < -0.3 is 10.2 Å². The van der Waals surface area contributed by atoms with Crippen LogP contribution in [-0.2, 0) is 9.59 Å². The largest absolute Gasteiger partial charge is 0.372 e. The highest BCUT2D eigenvalue weighted by atomic mass is 16.2. The van der Waals surface area contributed by atoms with Gasteiger partial charge in [0.1, 0.15) is 5.70 Å². The number of benzene rings is 3. The molecule has 5 nitrogen and oxygen atoms in total. The van der Waals surface area contributed by atoms with Gasteiger partial charge in [-0.05, 0) is 73.7 Å². The molecule has 0 spiro atoms. The zero-order chi connectivity index (χ0) is 22.9. The molecule has 33 heavy (non-hydrogen) atoms. The van der Waals surface area contributed by atoms with Crippen LogP contribution in [0.4, 0.5) is 17.1 Å². The normalized spacial score (nSPS) is 16.2. The Bertz CT molecular complexity index is 1240. The molecule has 3 aromatic carbocycles. The number of imide groups is 1. The van der Waals surface area contributed by atoms with Crippen molar-refractivity contribution in [2.75, 3.05) is 28.2 Å². The van der Waals surface area contributed by atoms with Crippen LogP contribution < -0.4 is 15.1 Å². The van der Waals surface area contributed by atoms with Crippen LogP contribution in [0.25, 0.3) is 5.57 Å². The summed E-state index contributed by atoms with van der Waals surface area (Å²) in [5.74, 6) is -0.646. The van der Waals surface area contributed by atoms with E-state index in [-0.39, 0.29) is 11.8 Å². The molecular formula is C28H27N3O2. The van der Waals surface area contributed by atoms with Gasteiger partial charge in [0, 0.05) is 24.5 Å². The van der Waals surface area contributed by atoms with E-state index in [1.54, 1.807) is 0 Å². The van der Waals surface area contributed by atoms with Gasteiger partial charge in [-0.2, -0.15) is 0 Å². The Kier molecular flexibility index (Phi) is 5.47. The molecule has 1 saturated heterocycles. The minimum absolute atomic E-state index is 0.307. The molecule has 2 aliphatic heterocycles. The van der Waals surface area contributed by atoms with E-state index in [2.05, 4.69) is 22.3 Å². The summed E-state index contributed by atoms with van der Waals surface area (Å²) < 4.78 is 0. The van der Waals surface area contributed by atoms with Crippen molar-refractivity contribution in [2.45, 2.75) is 26.7 Å². The molecule has 1 fully saturated rings. The molecule has 2 heterocycles. The average molecular weight is 438 g/mol. The zero-order valence-electron chi connectivity index (χ0n) is 19.0. The molecule has 0 bridgehead atoms. The van der Waals surface area contributed by atoms with Crippen molar-refractivity contribution >= 4 is 34.4 Å². The van der Waals surface area contributed by atoms with E-state index >= 15 is 0 Å². The van der Waals surface area contributed by atoms with Crippen LogP contribution in [0.15, 0.2) is 78.5 Å². The number of hydrogen-bond donors (Lipinski definition) is 1. The first-order valence-electron chi connectivity index (χ1n) is 11.4. The maximum absolute atomic E-state index is 13.6. The van der Waals surface area contributed by atoms with Gasteiger partial charge in [0.2, 0.25) is 0 Å². The SMILES string of the molecule is Cc1cccc(N2C(=O)C(Nc3ccc(N4CCCC4)cc3)=C(c3ccccc3)C2=O)c1C. The van der Waals surface area contributed by atoms with Gasteiger partial charge >= 0.3 is 0 Å². The van der Waals surface area contributed by atoms with Crippen molar-refractivity contribution in [3.63, 3.8) is 0 Å². The van der Waals surface area contributed by atoms with Gasteiger partial charge in [0.05, 0.1) is 11.3 Å². The second kappa shape index (κ2) is 8.58. The molecule has 0 saturated carbocycles. The third-order valence-electron chi connectivity index (χ3n) is 6.57. The smallest absolute Gasteiger partial charge is 0.282 e. The Hall–Kier alpha value is -3.86. The number of rotatable bonds is 5. The molecule has 1 N–H and O–H groups in total. The van der Waals surface area contributed by atoms with Crippen LogP contribution in [0.3, 0.4) is 0 Å². The molecule has 3 aromatic rings. The third kappa shape index (κ3) is 3.80. The lowest BCUT2D eigenvalue weighted by atomic mass is 10.0. The molecule has 0 aromatic heterocycles. The molecule has 5 heteroatoms. The Morgan fingerprint density at radius 3 is 2.15 bits per heavy atom. The minimum Gasteiger partial charge on any atom is -0.372 e. The summed E-state index contributed by atoms with van der Waals surface area (Å²) in [5.41, 5.74) is 5.97. The minimum atomic E-state index is -0.337. The lowest BCUT2D eigenvalue weighted by Gasteiger charge is -2.19. The molecule has 0 radical (unpaired) electrons. The van der Waals surface area contributed by atoms with Crippen LogP contribution >= 0.6 is 0 Å². The maximum atomic E-state index is 13.6. The molecule has 2 amide bonds. The number of aryl methyl sites for hydroxylation is 1. The van der Waals surface area contributed by atoms with E-state index in [1.807, 2.05) is 74.5 Å². The van der Waals surface area contributed by atoms with Crippen LogP contribution in [0, 0.1) is 13.8 Å². The molecule has 5 rings (SSSR count). The Labute approximate surface area is 194 Å². The molecular weight excluding hydrogens is 410 g/mol. The second-order valence-electron chi connectivity index (χ2n) is 8.65. The summed E-state index contributed by atoms with van der Waals surface area (Å²) in [7, 11) is 0. The van der Waals surface area contributed by atoms with E-state index in [0.717, 1.165) is 35.5 Å². The predicted octanol–water partition coefficient (Wildman–Crippen LogP) is 5.30. The lowest BCUT2D eigenvalue weighted by Crippen LogP contribution is -2.33. The van der Waals surface area contributed by atoms with E-state index in [9.17, 15) is 9.59 Å². The Morgan fingerprint density at radius 1 is 0.758 bits per heavy atom. The fourth-order valence-electron chi connectivity index (χ4n) is 4.59. The Morgan fingerprint density at radius 2 is 1.45 bits per heavy atom. The number of anilines is 3. The van der Waals surface area contributed by atoms with E-state index < -0.39 is 0 Å². The summed E-state index contributed by atoms with van der Waals surface area (Å²) in [5, 5.41) is 3.27. The summed E-state index contributed by atoms with van der Waals surface area (Å²) in [6.45, 7) is 6.08. The van der Waals surface area contributed by atoms with E-state index in [4.69, 9.17) is 0 Å². The summed E-state index contributed by atoms with van der Waals surface area (Å²) >= 11 is 0. The van der Waals surface area contributed by atoms with Crippen LogP contribution in [0.2, 0.25) is 0 Å². The van der Waals surface area contributed by atoms with Crippen molar-refractivity contribution in [1.82, 2.24) is 0 Å².